The summed E-state index contributed by atoms with van der Waals surface area (Å²) in [6.07, 6.45) is 3.53. The first-order valence-corrected chi connectivity index (χ1v) is 9.57. The van der Waals surface area contributed by atoms with Crippen molar-refractivity contribution < 1.29 is 4.74 Å². The maximum Gasteiger partial charge on any atom is 0.156 e. The van der Waals surface area contributed by atoms with Gasteiger partial charge >= 0.3 is 0 Å². The van der Waals surface area contributed by atoms with Crippen molar-refractivity contribution in [1.82, 2.24) is 19.9 Å². The summed E-state index contributed by atoms with van der Waals surface area (Å²) in [7, 11) is 1.67. The Morgan fingerprint density at radius 3 is 2.30 bits per heavy atom. The summed E-state index contributed by atoms with van der Waals surface area (Å²) in [5.74, 6) is 4.08. The Balaban J connectivity index is 1.44. The predicted molar refractivity (Wildman–Crippen MR) is 105 cm³/mol. The van der Waals surface area contributed by atoms with Crippen molar-refractivity contribution in [3.05, 3.63) is 36.2 Å². The molecule has 7 nitrogen and oxygen atoms in total. The number of hydrogen-bond donors (Lipinski definition) is 0. The van der Waals surface area contributed by atoms with Crippen LogP contribution in [0.3, 0.4) is 0 Å². The van der Waals surface area contributed by atoms with Crippen LogP contribution < -0.4 is 9.80 Å². The number of hydrogen-bond acceptors (Lipinski definition) is 7. The summed E-state index contributed by atoms with van der Waals surface area (Å²) >= 11 is 0. The van der Waals surface area contributed by atoms with E-state index in [-0.39, 0.29) is 5.41 Å². The van der Waals surface area contributed by atoms with Gasteiger partial charge in [0.2, 0.25) is 0 Å². The Hall–Kier alpha value is -2.28. The fourth-order valence-electron chi connectivity index (χ4n) is 4.06. The fourth-order valence-corrected chi connectivity index (χ4v) is 4.06. The lowest BCUT2D eigenvalue weighted by Crippen LogP contribution is -2.30. The van der Waals surface area contributed by atoms with E-state index in [4.69, 9.17) is 4.74 Å². The third-order valence-corrected chi connectivity index (χ3v) is 5.52. The SMILES string of the molecule is COCc1nccc(N2CC3CN(c4cc(C(C)(C)C)ncn4)CC3C2)n1. The largest absolute Gasteiger partial charge is 0.377 e. The molecule has 144 valence electrons. The molecule has 0 saturated carbocycles. The van der Waals surface area contributed by atoms with Crippen molar-refractivity contribution in [3.63, 3.8) is 0 Å². The van der Waals surface area contributed by atoms with Crippen LogP contribution in [0.2, 0.25) is 0 Å². The zero-order valence-corrected chi connectivity index (χ0v) is 16.6. The average molecular weight is 368 g/mol. The molecule has 2 atom stereocenters. The zero-order chi connectivity index (χ0) is 19.0. The van der Waals surface area contributed by atoms with Crippen LogP contribution in [0.4, 0.5) is 11.6 Å². The normalized spacial score (nSPS) is 22.4. The molecule has 0 bridgehead atoms. The first-order valence-electron chi connectivity index (χ1n) is 9.57. The van der Waals surface area contributed by atoms with Gasteiger partial charge in [-0.25, -0.2) is 19.9 Å². The first kappa shape index (κ1) is 18.1. The van der Waals surface area contributed by atoms with Gasteiger partial charge in [-0.15, -0.1) is 0 Å². The number of ether oxygens (including phenoxy) is 1. The van der Waals surface area contributed by atoms with Crippen molar-refractivity contribution in [1.29, 1.82) is 0 Å². The molecule has 4 heterocycles. The molecule has 0 spiro atoms. The highest BCUT2D eigenvalue weighted by atomic mass is 16.5. The number of nitrogens with zero attached hydrogens (tertiary/aromatic N) is 6. The molecule has 0 aliphatic carbocycles. The van der Waals surface area contributed by atoms with Crippen LogP contribution in [-0.2, 0) is 16.8 Å². The molecule has 0 amide bonds. The van der Waals surface area contributed by atoms with Gasteiger partial charge in [0.25, 0.3) is 0 Å². The molecule has 2 saturated heterocycles. The van der Waals surface area contributed by atoms with Gasteiger partial charge in [0.05, 0.1) is 5.69 Å². The highest BCUT2D eigenvalue weighted by Gasteiger charge is 2.41. The Morgan fingerprint density at radius 2 is 1.67 bits per heavy atom. The molecule has 0 N–H and O–H groups in total. The van der Waals surface area contributed by atoms with E-state index < -0.39 is 0 Å². The van der Waals surface area contributed by atoms with Crippen molar-refractivity contribution in [2.24, 2.45) is 11.8 Å². The van der Waals surface area contributed by atoms with Crippen molar-refractivity contribution in [2.45, 2.75) is 32.8 Å². The summed E-state index contributed by atoms with van der Waals surface area (Å²) in [5.41, 5.74) is 1.13. The van der Waals surface area contributed by atoms with Gasteiger partial charge in [-0.3, -0.25) is 0 Å². The summed E-state index contributed by atoms with van der Waals surface area (Å²) in [4.78, 5) is 22.7. The molecule has 2 aromatic rings. The van der Waals surface area contributed by atoms with Gasteiger partial charge in [-0.2, -0.15) is 0 Å². The zero-order valence-electron chi connectivity index (χ0n) is 16.6. The van der Waals surface area contributed by atoms with Crippen LogP contribution >= 0.6 is 0 Å². The predicted octanol–water partition coefficient (Wildman–Crippen LogP) is 2.28. The van der Waals surface area contributed by atoms with E-state index >= 15 is 0 Å². The smallest absolute Gasteiger partial charge is 0.156 e. The number of anilines is 2. The highest BCUT2D eigenvalue weighted by Crippen LogP contribution is 2.35. The van der Waals surface area contributed by atoms with E-state index in [1.165, 1.54) is 0 Å². The van der Waals surface area contributed by atoms with E-state index in [1.807, 2.05) is 12.3 Å². The van der Waals surface area contributed by atoms with Crippen LogP contribution in [0.25, 0.3) is 0 Å². The molecule has 0 radical (unpaired) electrons. The van der Waals surface area contributed by atoms with E-state index in [0.717, 1.165) is 49.3 Å². The summed E-state index contributed by atoms with van der Waals surface area (Å²) in [6, 6.07) is 4.15. The highest BCUT2D eigenvalue weighted by molar-refractivity contribution is 5.45. The third-order valence-electron chi connectivity index (χ3n) is 5.52. The van der Waals surface area contributed by atoms with Crippen molar-refractivity contribution >= 4 is 11.6 Å². The molecule has 2 aromatic heterocycles. The summed E-state index contributed by atoms with van der Waals surface area (Å²) < 4.78 is 5.15. The molecule has 7 heteroatoms. The molecule has 27 heavy (non-hydrogen) atoms. The minimum atomic E-state index is 0.0387. The molecule has 2 aliphatic rings. The van der Waals surface area contributed by atoms with Gasteiger partial charge < -0.3 is 14.5 Å². The van der Waals surface area contributed by atoms with Crippen molar-refractivity contribution in [2.75, 3.05) is 43.1 Å². The van der Waals surface area contributed by atoms with Gasteiger partial charge in [0.1, 0.15) is 24.6 Å². The first-order chi connectivity index (χ1) is 12.9. The number of rotatable bonds is 4. The maximum absolute atomic E-state index is 5.15. The van der Waals surface area contributed by atoms with Gasteiger partial charge in [0.15, 0.2) is 5.82 Å². The lowest BCUT2D eigenvalue weighted by molar-refractivity contribution is 0.178. The molecule has 2 aliphatic heterocycles. The topological polar surface area (TPSA) is 67.3 Å². The van der Waals surface area contributed by atoms with Gasteiger partial charge in [-0.05, 0) is 6.07 Å². The number of aromatic nitrogens is 4. The number of methoxy groups -OCH3 is 1. The molecule has 4 rings (SSSR count). The standard InChI is InChI=1S/C20H28N6O/c1-20(2,3)16-7-19(23-13-22-16)26-10-14-8-25(9-15(14)11-26)18-5-6-21-17(24-18)12-27-4/h5-7,13-15H,8-12H2,1-4H3. The van der Waals surface area contributed by atoms with Crippen LogP contribution in [0.5, 0.6) is 0 Å². The molecule has 2 unspecified atom stereocenters. The molecule has 0 aromatic carbocycles. The Labute approximate surface area is 160 Å². The Bertz CT molecular complexity index is 791. The fraction of sp³-hybridized carbons (Fsp3) is 0.600. The summed E-state index contributed by atoms with van der Waals surface area (Å²) in [6.45, 7) is 11.2. The van der Waals surface area contributed by atoms with Crippen LogP contribution in [0.1, 0.15) is 32.3 Å². The number of fused-ring (bicyclic) bond motifs is 1. The second-order valence-corrected chi connectivity index (χ2v) is 8.61. The lowest BCUT2D eigenvalue weighted by Gasteiger charge is -2.24. The van der Waals surface area contributed by atoms with Crippen molar-refractivity contribution in [3.8, 4) is 0 Å². The van der Waals surface area contributed by atoms with Crippen LogP contribution in [0, 0.1) is 11.8 Å². The van der Waals surface area contributed by atoms with Crippen LogP contribution in [-0.4, -0.2) is 53.2 Å². The van der Waals surface area contributed by atoms with E-state index in [9.17, 15) is 0 Å². The third kappa shape index (κ3) is 3.74. The van der Waals surface area contributed by atoms with Crippen LogP contribution in [0.15, 0.2) is 24.7 Å². The van der Waals surface area contributed by atoms with E-state index in [0.29, 0.717) is 18.4 Å². The van der Waals surface area contributed by atoms with Gasteiger partial charge in [0, 0.05) is 62.8 Å². The second kappa shape index (κ2) is 7.03. The molecular formula is C20H28N6O. The van der Waals surface area contributed by atoms with E-state index in [2.05, 4.69) is 56.6 Å². The monoisotopic (exact) mass is 368 g/mol. The maximum atomic E-state index is 5.15. The van der Waals surface area contributed by atoms with E-state index in [1.54, 1.807) is 13.4 Å². The summed E-state index contributed by atoms with van der Waals surface area (Å²) in [5, 5.41) is 0. The molecule has 2 fully saturated rings. The minimum Gasteiger partial charge on any atom is -0.377 e. The average Bonchev–Trinajstić information content (AvgIpc) is 3.21. The Morgan fingerprint density at radius 1 is 1.00 bits per heavy atom. The Kier molecular flexibility index (Phi) is 4.72. The second-order valence-electron chi connectivity index (χ2n) is 8.61. The lowest BCUT2D eigenvalue weighted by atomic mass is 9.92. The minimum absolute atomic E-state index is 0.0387. The quantitative estimate of drug-likeness (QED) is 0.820. The van der Waals surface area contributed by atoms with Gasteiger partial charge in [-0.1, -0.05) is 20.8 Å². The molecular weight excluding hydrogens is 340 g/mol.